The Morgan fingerprint density at radius 2 is 0.881 bits per heavy atom. The normalized spacial score (nSPS) is 12.6. The van der Waals surface area contributed by atoms with Crippen molar-refractivity contribution in [3.63, 3.8) is 0 Å². The van der Waals surface area contributed by atoms with Crippen molar-refractivity contribution in [2.45, 2.75) is 5.41 Å². The third kappa shape index (κ3) is 6.18. The average Bonchev–Trinajstić information content (AvgIpc) is 3.91. The Morgan fingerprint density at radius 3 is 1.61 bits per heavy atom. The molecule has 0 radical (unpaired) electrons. The van der Waals surface area contributed by atoms with Crippen LogP contribution in [0.5, 0.6) is 0 Å². The van der Waals surface area contributed by atoms with Gasteiger partial charge >= 0.3 is 0 Å². The molecule has 1 aliphatic carbocycles. The van der Waals surface area contributed by atoms with Crippen LogP contribution in [0.4, 0.5) is 17.1 Å². The van der Waals surface area contributed by atoms with Crippen LogP contribution in [-0.2, 0) is 5.41 Å². The zero-order chi connectivity index (χ0) is 44.3. The van der Waals surface area contributed by atoms with Gasteiger partial charge in [0.15, 0.2) is 0 Å². The summed E-state index contributed by atoms with van der Waals surface area (Å²) < 4.78 is 2.42. The summed E-state index contributed by atoms with van der Waals surface area (Å²) in [7, 11) is 0. The molecule has 11 aromatic carbocycles. The molecule has 0 bridgehead atoms. The highest BCUT2D eigenvalue weighted by molar-refractivity contribution is 6.09. The summed E-state index contributed by atoms with van der Waals surface area (Å²) in [6.07, 6.45) is 0. The molecule has 0 amide bonds. The smallest absolute Gasteiger partial charge is 0.0714 e. The number of anilines is 3. The van der Waals surface area contributed by atoms with Crippen LogP contribution in [0, 0.1) is 0 Å². The minimum atomic E-state index is -0.527. The lowest BCUT2D eigenvalue weighted by molar-refractivity contribution is 0.768. The molecule has 1 aromatic heterocycles. The molecule has 314 valence electrons. The standard InChI is InChI=1S/C65H44N2/c1-3-22-51(23-4-1)65(52-24-5-2-6-25-52)59-31-12-9-30-58(59)64-60(65)32-17-35-63(64)66(54-26-16-27-55(44-54)67-61-33-13-10-28-56(61)57-29-11-14-34-62(57)67)53-40-38-46(39-41-53)48-20-15-21-49(42-48)50-37-36-45-18-7-8-19-47(45)43-50/h1-44H. The van der Waals surface area contributed by atoms with E-state index in [0.29, 0.717) is 0 Å². The molecular weight excluding hydrogens is 809 g/mol. The number of nitrogens with zero attached hydrogens (tertiary/aromatic N) is 2. The van der Waals surface area contributed by atoms with E-state index in [9.17, 15) is 0 Å². The Hall–Kier alpha value is -8.72. The predicted molar refractivity (Wildman–Crippen MR) is 281 cm³/mol. The Morgan fingerprint density at radius 1 is 0.328 bits per heavy atom. The van der Waals surface area contributed by atoms with Crippen molar-refractivity contribution >= 4 is 49.6 Å². The van der Waals surface area contributed by atoms with Crippen LogP contribution in [0.1, 0.15) is 22.3 Å². The monoisotopic (exact) mass is 852 g/mol. The molecule has 12 aromatic rings. The van der Waals surface area contributed by atoms with Gasteiger partial charge in [-0.15, -0.1) is 0 Å². The number of para-hydroxylation sites is 2. The lowest BCUT2D eigenvalue weighted by Gasteiger charge is -2.34. The molecule has 0 aliphatic heterocycles. The van der Waals surface area contributed by atoms with Crippen molar-refractivity contribution in [3.8, 4) is 39.1 Å². The Labute approximate surface area is 390 Å². The van der Waals surface area contributed by atoms with E-state index in [1.165, 1.54) is 88.2 Å². The molecule has 2 nitrogen and oxygen atoms in total. The number of hydrogen-bond donors (Lipinski definition) is 0. The number of rotatable bonds is 8. The lowest BCUT2D eigenvalue weighted by atomic mass is 9.68. The summed E-state index contributed by atoms with van der Waals surface area (Å²) in [6.45, 7) is 0. The molecule has 67 heavy (non-hydrogen) atoms. The number of fused-ring (bicyclic) bond motifs is 7. The zero-order valence-electron chi connectivity index (χ0n) is 36.8. The van der Waals surface area contributed by atoms with Crippen LogP contribution < -0.4 is 4.90 Å². The van der Waals surface area contributed by atoms with Crippen molar-refractivity contribution in [1.29, 1.82) is 0 Å². The fourth-order valence-corrected chi connectivity index (χ4v) is 11.1. The minimum absolute atomic E-state index is 0.527. The average molecular weight is 853 g/mol. The Bertz CT molecular complexity index is 3710. The second kappa shape index (κ2) is 15.8. The summed E-state index contributed by atoms with van der Waals surface area (Å²) in [5, 5.41) is 4.99. The van der Waals surface area contributed by atoms with Gasteiger partial charge in [0.05, 0.1) is 22.1 Å². The first-order valence-electron chi connectivity index (χ1n) is 23.2. The molecular formula is C65H44N2. The Kier molecular flexibility index (Phi) is 9.11. The second-order valence-corrected chi connectivity index (χ2v) is 17.6. The molecule has 2 heteroatoms. The maximum Gasteiger partial charge on any atom is 0.0714 e. The molecule has 0 atom stereocenters. The van der Waals surface area contributed by atoms with E-state index in [2.05, 4.69) is 276 Å². The van der Waals surface area contributed by atoms with Gasteiger partial charge < -0.3 is 9.47 Å². The molecule has 0 N–H and O–H groups in total. The molecule has 0 fully saturated rings. The van der Waals surface area contributed by atoms with Gasteiger partial charge in [-0.1, -0.05) is 206 Å². The third-order valence-corrected chi connectivity index (χ3v) is 14.0. The molecule has 1 aliphatic rings. The van der Waals surface area contributed by atoms with Crippen LogP contribution in [0.15, 0.2) is 267 Å². The molecule has 0 spiro atoms. The predicted octanol–water partition coefficient (Wildman–Crippen LogP) is 17.1. The number of benzene rings is 11. The van der Waals surface area contributed by atoms with Crippen molar-refractivity contribution in [2.24, 2.45) is 0 Å². The second-order valence-electron chi connectivity index (χ2n) is 17.6. The van der Waals surface area contributed by atoms with Gasteiger partial charge in [0, 0.05) is 33.4 Å². The fourth-order valence-electron chi connectivity index (χ4n) is 11.1. The topological polar surface area (TPSA) is 8.17 Å². The first kappa shape index (κ1) is 38.7. The fraction of sp³-hybridized carbons (Fsp3) is 0.0154. The summed E-state index contributed by atoms with van der Waals surface area (Å²) in [6, 6.07) is 98.1. The van der Waals surface area contributed by atoms with Gasteiger partial charge in [-0.2, -0.15) is 0 Å². The van der Waals surface area contributed by atoms with Gasteiger partial charge in [-0.25, -0.2) is 0 Å². The molecule has 0 unspecified atom stereocenters. The molecule has 0 saturated heterocycles. The van der Waals surface area contributed by atoms with E-state index in [1.807, 2.05) is 0 Å². The third-order valence-electron chi connectivity index (χ3n) is 14.0. The van der Waals surface area contributed by atoms with Crippen LogP contribution in [-0.4, -0.2) is 4.57 Å². The largest absolute Gasteiger partial charge is 0.310 e. The van der Waals surface area contributed by atoms with E-state index < -0.39 is 5.41 Å². The molecule has 0 saturated carbocycles. The van der Waals surface area contributed by atoms with Crippen LogP contribution in [0.2, 0.25) is 0 Å². The van der Waals surface area contributed by atoms with E-state index in [1.54, 1.807) is 0 Å². The minimum Gasteiger partial charge on any atom is -0.310 e. The van der Waals surface area contributed by atoms with E-state index in [0.717, 1.165) is 22.7 Å². The van der Waals surface area contributed by atoms with Crippen LogP contribution >= 0.6 is 0 Å². The highest BCUT2D eigenvalue weighted by Crippen LogP contribution is 2.59. The van der Waals surface area contributed by atoms with E-state index >= 15 is 0 Å². The van der Waals surface area contributed by atoms with Crippen molar-refractivity contribution < 1.29 is 0 Å². The summed E-state index contributed by atoms with van der Waals surface area (Å²) in [5.74, 6) is 0. The molecule has 13 rings (SSSR count). The zero-order valence-corrected chi connectivity index (χ0v) is 36.8. The summed E-state index contributed by atoms with van der Waals surface area (Å²) in [4.78, 5) is 2.48. The summed E-state index contributed by atoms with van der Waals surface area (Å²) in [5.41, 5.74) is 18.5. The summed E-state index contributed by atoms with van der Waals surface area (Å²) >= 11 is 0. The van der Waals surface area contributed by atoms with Crippen LogP contribution in [0.25, 0.3) is 71.6 Å². The quantitative estimate of drug-likeness (QED) is 0.148. The van der Waals surface area contributed by atoms with E-state index in [4.69, 9.17) is 0 Å². The Balaban J connectivity index is 1.02. The van der Waals surface area contributed by atoms with Gasteiger partial charge in [-0.3, -0.25) is 0 Å². The van der Waals surface area contributed by atoms with Crippen molar-refractivity contribution in [3.05, 3.63) is 289 Å². The highest BCUT2D eigenvalue weighted by Gasteiger charge is 2.47. The molecule has 1 heterocycles. The number of aromatic nitrogens is 1. The maximum absolute atomic E-state index is 2.48. The van der Waals surface area contributed by atoms with Crippen molar-refractivity contribution in [2.75, 3.05) is 4.90 Å². The highest BCUT2D eigenvalue weighted by atomic mass is 15.1. The first-order valence-corrected chi connectivity index (χ1v) is 23.2. The maximum atomic E-state index is 2.48. The lowest BCUT2D eigenvalue weighted by Crippen LogP contribution is -2.28. The van der Waals surface area contributed by atoms with Gasteiger partial charge in [0.2, 0.25) is 0 Å². The van der Waals surface area contributed by atoms with Gasteiger partial charge in [0.25, 0.3) is 0 Å². The SMILES string of the molecule is c1ccc(C2(c3ccccc3)c3ccccc3-c3c(N(c4ccc(-c5cccc(-c6ccc7ccccc7c6)c5)cc4)c4cccc(-n5c6ccccc6c6ccccc65)c4)cccc32)cc1. The number of hydrogen-bond acceptors (Lipinski definition) is 1. The van der Waals surface area contributed by atoms with E-state index in [-0.39, 0.29) is 0 Å². The van der Waals surface area contributed by atoms with Crippen molar-refractivity contribution in [1.82, 2.24) is 4.57 Å². The first-order chi connectivity index (χ1) is 33.2. The van der Waals surface area contributed by atoms with Gasteiger partial charge in [0.1, 0.15) is 0 Å². The van der Waals surface area contributed by atoms with Gasteiger partial charge in [-0.05, 0) is 122 Å². The van der Waals surface area contributed by atoms with Crippen LogP contribution in [0.3, 0.4) is 0 Å².